The topological polar surface area (TPSA) is 35.5 Å². The maximum Gasteiger partial charge on any atom is 0.344 e. The van der Waals surface area contributed by atoms with Crippen molar-refractivity contribution in [1.82, 2.24) is 0 Å². The van der Waals surface area contributed by atoms with Crippen LogP contribution in [-0.4, -0.2) is 12.6 Å². The maximum absolute atomic E-state index is 11.8. The van der Waals surface area contributed by atoms with Crippen molar-refractivity contribution in [3.63, 3.8) is 0 Å². The fraction of sp³-hybridized carbons (Fsp3) is 0.105. The zero-order valence-corrected chi connectivity index (χ0v) is 14.2. The molecular formula is C19H14Cl2O3. The van der Waals surface area contributed by atoms with Crippen molar-refractivity contribution in [3.05, 3.63) is 76.3 Å². The third kappa shape index (κ3) is 4.19. The van der Waals surface area contributed by atoms with Crippen LogP contribution in [0.5, 0.6) is 5.75 Å². The first-order valence-electron chi connectivity index (χ1n) is 7.33. The Morgan fingerprint density at radius 2 is 1.71 bits per heavy atom. The quantitative estimate of drug-likeness (QED) is 0.581. The summed E-state index contributed by atoms with van der Waals surface area (Å²) < 4.78 is 10.6. The van der Waals surface area contributed by atoms with Gasteiger partial charge in [-0.25, -0.2) is 4.79 Å². The molecule has 0 N–H and O–H groups in total. The van der Waals surface area contributed by atoms with Crippen LogP contribution in [-0.2, 0) is 16.1 Å². The normalized spacial score (nSPS) is 10.6. The summed E-state index contributed by atoms with van der Waals surface area (Å²) in [5, 5.41) is 3.11. The summed E-state index contributed by atoms with van der Waals surface area (Å²) in [6.45, 7) is -0.0175. The van der Waals surface area contributed by atoms with Crippen LogP contribution in [0.1, 0.15) is 5.56 Å². The Labute approximate surface area is 149 Å². The van der Waals surface area contributed by atoms with E-state index in [0.717, 1.165) is 16.3 Å². The number of carbonyl (C=O) groups is 1. The van der Waals surface area contributed by atoms with Gasteiger partial charge in [-0.15, -0.1) is 0 Å². The van der Waals surface area contributed by atoms with Gasteiger partial charge in [-0.2, -0.15) is 0 Å². The third-order valence-electron chi connectivity index (χ3n) is 3.45. The van der Waals surface area contributed by atoms with E-state index >= 15 is 0 Å². The first kappa shape index (κ1) is 16.6. The molecule has 0 radical (unpaired) electrons. The minimum Gasteiger partial charge on any atom is -0.480 e. The number of hydrogen-bond donors (Lipinski definition) is 0. The maximum atomic E-state index is 11.8. The van der Waals surface area contributed by atoms with Crippen LogP contribution in [0.3, 0.4) is 0 Å². The largest absolute Gasteiger partial charge is 0.480 e. The Balaban J connectivity index is 1.54. The summed E-state index contributed by atoms with van der Waals surface area (Å²) in [7, 11) is 0. The Bertz CT molecular complexity index is 877. The molecule has 0 spiro atoms. The van der Waals surface area contributed by atoms with Crippen molar-refractivity contribution in [3.8, 4) is 5.75 Å². The molecule has 0 amide bonds. The lowest BCUT2D eigenvalue weighted by Gasteiger charge is -2.09. The van der Waals surface area contributed by atoms with Crippen molar-refractivity contribution in [2.24, 2.45) is 0 Å². The van der Waals surface area contributed by atoms with Gasteiger partial charge in [0, 0.05) is 5.02 Å². The molecule has 0 fully saturated rings. The van der Waals surface area contributed by atoms with Gasteiger partial charge in [0.25, 0.3) is 0 Å². The molecule has 3 rings (SSSR count). The number of rotatable bonds is 5. The minimum absolute atomic E-state index is 0.196. The van der Waals surface area contributed by atoms with Crippen LogP contribution >= 0.6 is 23.2 Å². The lowest BCUT2D eigenvalue weighted by molar-refractivity contribution is -0.147. The van der Waals surface area contributed by atoms with Gasteiger partial charge >= 0.3 is 5.97 Å². The van der Waals surface area contributed by atoms with E-state index < -0.39 is 5.97 Å². The van der Waals surface area contributed by atoms with Crippen molar-refractivity contribution in [1.29, 1.82) is 0 Å². The highest BCUT2D eigenvalue weighted by molar-refractivity contribution is 6.35. The van der Waals surface area contributed by atoms with Gasteiger partial charge in [-0.05, 0) is 40.6 Å². The van der Waals surface area contributed by atoms with Gasteiger partial charge in [-0.1, -0.05) is 59.6 Å². The number of ether oxygens (including phenoxy) is 2. The molecule has 0 bridgehead atoms. The Kier molecular flexibility index (Phi) is 5.24. The SMILES string of the molecule is O=C(COc1ccc(Cl)cc1Cl)OCc1ccc2ccccc2c1. The minimum atomic E-state index is -0.464. The molecule has 0 saturated carbocycles. The second-order valence-electron chi connectivity index (χ2n) is 5.21. The zero-order valence-electron chi connectivity index (χ0n) is 12.7. The van der Waals surface area contributed by atoms with E-state index in [1.807, 2.05) is 42.5 Å². The molecule has 0 aromatic heterocycles. The van der Waals surface area contributed by atoms with E-state index in [0.29, 0.717) is 15.8 Å². The number of carbonyl (C=O) groups excluding carboxylic acids is 1. The van der Waals surface area contributed by atoms with Crippen LogP contribution in [0.15, 0.2) is 60.7 Å². The Hall–Kier alpha value is -2.23. The van der Waals surface area contributed by atoms with Gasteiger partial charge < -0.3 is 9.47 Å². The molecule has 0 aliphatic rings. The summed E-state index contributed by atoms with van der Waals surface area (Å²) >= 11 is 11.8. The van der Waals surface area contributed by atoms with E-state index in [4.69, 9.17) is 32.7 Å². The van der Waals surface area contributed by atoms with Gasteiger partial charge in [0.15, 0.2) is 6.61 Å². The van der Waals surface area contributed by atoms with Crippen molar-refractivity contribution in [2.45, 2.75) is 6.61 Å². The van der Waals surface area contributed by atoms with E-state index in [2.05, 4.69) is 0 Å². The van der Waals surface area contributed by atoms with Crippen molar-refractivity contribution in [2.75, 3.05) is 6.61 Å². The van der Waals surface area contributed by atoms with Crippen LogP contribution in [0, 0.1) is 0 Å². The first-order valence-corrected chi connectivity index (χ1v) is 8.08. The number of halogens is 2. The fourth-order valence-electron chi connectivity index (χ4n) is 2.26. The highest BCUT2D eigenvalue weighted by Gasteiger charge is 2.08. The van der Waals surface area contributed by atoms with Crippen molar-refractivity contribution < 1.29 is 14.3 Å². The summed E-state index contributed by atoms with van der Waals surface area (Å²) in [4.78, 5) is 11.8. The molecule has 24 heavy (non-hydrogen) atoms. The molecule has 0 saturated heterocycles. The average Bonchev–Trinajstić information content (AvgIpc) is 2.59. The number of esters is 1. The molecule has 0 unspecified atom stereocenters. The van der Waals surface area contributed by atoms with Crippen LogP contribution in [0.25, 0.3) is 10.8 Å². The molecular weight excluding hydrogens is 347 g/mol. The third-order valence-corrected chi connectivity index (χ3v) is 3.98. The van der Waals surface area contributed by atoms with Gasteiger partial charge in [0.2, 0.25) is 0 Å². The van der Waals surface area contributed by atoms with Crippen molar-refractivity contribution >= 4 is 39.9 Å². The van der Waals surface area contributed by atoms with Gasteiger partial charge in [0.1, 0.15) is 12.4 Å². The molecule has 3 aromatic rings. The highest BCUT2D eigenvalue weighted by Crippen LogP contribution is 2.27. The molecule has 5 heteroatoms. The van der Waals surface area contributed by atoms with E-state index in [1.54, 1.807) is 18.2 Å². The Morgan fingerprint density at radius 1 is 0.917 bits per heavy atom. The van der Waals surface area contributed by atoms with E-state index in [1.165, 1.54) is 0 Å². The molecule has 0 aliphatic heterocycles. The lowest BCUT2D eigenvalue weighted by atomic mass is 10.1. The van der Waals surface area contributed by atoms with Crippen LogP contribution in [0.2, 0.25) is 10.0 Å². The fourth-order valence-corrected chi connectivity index (χ4v) is 2.73. The second-order valence-corrected chi connectivity index (χ2v) is 6.05. The number of fused-ring (bicyclic) bond motifs is 1. The van der Waals surface area contributed by atoms with Crippen LogP contribution in [0.4, 0.5) is 0 Å². The summed E-state index contributed by atoms with van der Waals surface area (Å²) in [6.07, 6.45) is 0. The molecule has 3 aromatic carbocycles. The first-order chi connectivity index (χ1) is 11.6. The number of hydrogen-bond acceptors (Lipinski definition) is 3. The smallest absolute Gasteiger partial charge is 0.344 e. The predicted octanol–water partition coefficient (Wildman–Crippen LogP) is 5.27. The van der Waals surface area contributed by atoms with Crippen LogP contribution < -0.4 is 4.74 Å². The summed E-state index contributed by atoms with van der Waals surface area (Å²) in [5.74, 6) is -0.0714. The van der Waals surface area contributed by atoms with Gasteiger partial charge in [0.05, 0.1) is 5.02 Å². The highest BCUT2D eigenvalue weighted by atomic mass is 35.5. The Morgan fingerprint density at radius 3 is 2.50 bits per heavy atom. The van der Waals surface area contributed by atoms with Gasteiger partial charge in [-0.3, -0.25) is 0 Å². The second kappa shape index (κ2) is 7.56. The predicted molar refractivity (Wildman–Crippen MR) is 95.7 cm³/mol. The van der Waals surface area contributed by atoms with E-state index in [9.17, 15) is 4.79 Å². The standard InChI is InChI=1S/C19H14Cl2O3/c20-16-7-8-18(17(21)10-16)23-12-19(22)24-11-13-5-6-14-3-1-2-4-15(14)9-13/h1-10H,11-12H2. The lowest BCUT2D eigenvalue weighted by Crippen LogP contribution is -2.14. The molecule has 0 aliphatic carbocycles. The molecule has 0 heterocycles. The summed E-state index contributed by atoms with van der Waals surface area (Å²) in [5.41, 5.74) is 0.923. The summed E-state index contributed by atoms with van der Waals surface area (Å²) in [6, 6.07) is 18.8. The average molecular weight is 361 g/mol. The molecule has 0 atom stereocenters. The molecule has 3 nitrogen and oxygen atoms in total. The monoisotopic (exact) mass is 360 g/mol. The number of benzene rings is 3. The zero-order chi connectivity index (χ0) is 16.9. The van der Waals surface area contributed by atoms with E-state index in [-0.39, 0.29) is 13.2 Å². The molecule has 122 valence electrons.